The van der Waals surface area contributed by atoms with Crippen molar-refractivity contribution in [3.05, 3.63) is 35.9 Å². The summed E-state index contributed by atoms with van der Waals surface area (Å²) in [5.41, 5.74) is 1.41. The average Bonchev–Trinajstić information content (AvgIpc) is 3.25. The Labute approximate surface area is 312 Å². The summed E-state index contributed by atoms with van der Waals surface area (Å²) in [6.07, 6.45) is 3.11. The molecule has 296 valence electrons. The fraction of sp³-hybridized carbons (Fsp3) is 0.725. The lowest BCUT2D eigenvalue weighted by atomic mass is 9.88. The lowest BCUT2D eigenvalue weighted by molar-refractivity contribution is -0.145. The first-order valence-electron chi connectivity index (χ1n) is 18.6. The molecule has 1 aromatic carbocycles. The molecule has 2 amide bonds. The summed E-state index contributed by atoms with van der Waals surface area (Å²) >= 11 is 0. The maximum absolute atomic E-state index is 13.5. The Balaban J connectivity index is 0.000000548. The van der Waals surface area contributed by atoms with Crippen LogP contribution in [0.25, 0.3) is 0 Å². The summed E-state index contributed by atoms with van der Waals surface area (Å²) < 4.78 is 4.60. The number of esters is 1. The van der Waals surface area contributed by atoms with Gasteiger partial charge in [0.25, 0.3) is 0 Å². The van der Waals surface area contributed by atoms with Gasteiger partial charge < -0.3 is 30.5 Å². The van der Waals surface area contributed by atoms with E-state index in [0.29, 0.717) is 13.0 Å². The predicted molar refractivity (Wildman–Crippen MR) is 203 cm³/mol. The van der Waals surface area contributed by atoms with Gasteiger partial charge in [-0.3, -0.25) is 24.1 Å². The van der Waals surface area contributed by atoms with E-state index in [1.54, 1.807) is 6.92 Å². The van der Waals surface area contributed by atoms with Gasteiger partial charge in [0.05, 0.1) is 32.2 Å². The molecule has 0 aromatic heterocycles. The van der Waals surface area contributed by atoms with Crippen molar-refractivity contribution in [1.82, 2.24) is 20.4 Å². The standard InChI is InChI=1S/C25H40N2O3.C15H28N2O5/c1-18(15-19-11-9-8-10-12-19)27-21(17-25(5,6)7)26(14-13-24(2,3)4)20(23(27)30)16-22(28)29;1-6-10(14(21)22-5)17-13(20)11(9-12(18)19)16-8-7-15(2,3)4/h8-12,18,20-21H,13-17H2,1-7H3,(H,28,29);10-11,16H,6-9H2,1-5H3,(H,17,20)(H,18,19)/t;10-,11-/m.0/s1. The van der Waals surface area contributed by atoms with Crippen LogP contribution in [0, 0.1) is 16.2 Å². The predicted octanol–water partition coefficient (Wildman–Crippen LogP) is 5.73. The minimum Gasteiger partial charge on any atom is -0.481 e. The molecule has 0 spiro atoms. The van der Waals surface area contributed by atoms with Crippen LogP contribution in [0.5, 0.6) is 0 Å². The Morgan fingerprint density at radius 1 is 0.865 bits per heavy atom. The van der Waals surface area contributed by atoms with E-state index in [0.717, 1.165) is 32.2 Å². The Kier molecular flexibility index (Phi) is 18.5. The molecular weight excluding hydrogens is 664 g/mol. The molecule has 12 heteroatoms. The Bertz CT molecular complexity index is 1300. The molecule has 1 fully saturated rings. The number of hydrogen-bond donors (Lipinski definition) is 4. The highest BCUT2D eigenvalue weighted by Gasteiger charge is 2.49. The molecule has 1 aliphatic rings. The van der Waals surface area contributed by atoms with Gasteiger partial charge in [-0.1, -0.05) is 99.6 Å². The van der Waals surface area contributed by atoms with Crippen molar-refractivity contribution in [3.63, 3.8) is 0 Å². The van der Waals surface area contributed by atoms with E-state index in [1.807, 2.05) is 23.1 Å². The monoisotopic (exact) mass is 733 g/mol. The average molecular weight is 733 g/mol. The molecule has 1 aromatic rings. The van der Waals surface area contributed by atoms with Crippen molar-refractivity contribution in [2.24, 2.45) is 16.2 Å². The van der Waals surface area contributed by atoms with Crippen LogP contribution in [0.2, 0.25) is 0 Å². The van der Waals surface area contributed by atoms with Gasteiger partial charge in [-0.05, 0) is 67.4 Å². The lowest BCUT2D eigenvalue weighted by Gasteiger charge is -2.39. The van der Waals surface area contributed by atoms with Crippen LogP contribution in [0.15, 0.2) is 30.3 Å². The normalized spacial score (nSPS) is 18.5. The number of rotatable bonds is 17. The van der Waals surface area contributed by atoms with Crippen molar-refractivity contribution in [2.45, 2.75) is 151 Å². The SMILES string of the molecule is CC(Cc1ccccc1)N1C(=O)C(CC(=O)O)N(CCC(C)(C)C)C1CC(C)(C)C.CC[C@H](NC(=O)[C@H](CC(=O)O)NCCC(C)(C)C)C(=O)OC. The van der Waals surface area contributed by atoms with Crippen LogP contribution >= 0.6 is 0 Å². The van der Waals surface area contributed by atoms with Crippen molar-refractivity contribution in [3.8, 4) is 0 Å². The number of carbonyl (C=O) groups excluding carboxylic acids is 3. The first-order chi connectivity index (χ1) is 23.9. The van der Waals surface area contributed by atoms with E-state index in [1.165, 1.54) is 12.7 Å². The number of methoxy groups -OCH3 is 1. The number of nitrogens with zero attached hydrogens (tertiary/aromatic N) is 2. The topological polar surface area (TPSA) is 166 Å². The second-order valence-corrected chi connectivity index (χ2v) is 17.6. The summed E-state index contributed by atoms with van der Waals surface area (Å²) in [5.74, 6) is -3.08. The minimum absolute atomic E-state index is 0.00295. The molecule has 0 radical (unpaired) electrons. The third kappa shape index (κ3) is 17.3. The van der Waals surface area contributed by atoms with Crippen molar-refractivity contribution in [1.29, 1.82) is 0 Å². The van der Waals surface area contributed by atoms with Gasteiger partial charge in [0.1, 0.15) is 12.1 Å². The number of carboxylic acid groups (broad SMARTS) is 2. The largest absolute Gasteiger partial charge is 0.481 e. The minimum atomic E-state index is -1.07. The maximum Gasteiger partial charge on any atom is 0.328 e. The molecule has 0 bridgehead atoms. The van der Waals surface area contributed by atoms with Gasteiger partial charge in [0.15, 0.2) is 0 Å². The molecule has 4 N–H and O–H groups in total. The molecule has 0 saturated carbocycles. The molecule has 1 aliphatic heterocycles. The number of ether oxygens (including phenoxy) is 1. The highest BCUT2D eigenvalue weighted by molar-refractivity contribution is 5.90. The van der Waals surface area contributed by atoms with Gasteiger partial charge in [0, 0.05) is 12.6 Å². The molecule has 1 heterocycles. The second kappa shape index (κ2) is 20.7. The zero-order chi connectivity index (χ0) is 40.0. The van der Waals surface area contributed by atoms with Gasteiger partial charge in [-0.2, -0.15) is 0 Å². The third-order valence-corrected chi connectivity index (χ3v) is 8.95. The molecule has 3 unspecified atom stereocenters. The number of carbonyl (C=O) groups is 5. The molecule has 1 saturated heterocycles. The zero-order valence-electron chi connectivity index (χ0n) is 33.9. The fourth-order valence-electron chi connectivity index (χ4n) is 6.09. The summed E-state index contributed by atoms with van der Waals surface area (Å²) in [4.78, 5) is 63.9. The van der Waals surface area contributed by atoms with Crippen LogP contribution in [0.3, 0.4) is 0 Å². The van der Waals surface area contributed by atoms with E-state index >= 15 is 0 Å². The number of nitrogens with one attached hydrogen (secondary N) is 2. The fourth-order valence-corrected chi connectivity index (χ4v) is 6.09. The van der Waals surface area contributed by atoms with Crippen LogP contribution in [-0.4, -0.2) is 100 Å². The molecule has 0 aliphatic carbocycles. The first-order valence-corrected chi connectivity index (χ1v) is 18.6. The van der Waals surface area contributed by atoms with Crippen molar-refractivity contribution >= 4 is 29.7 Å². The number of benzene rings is 1. The summed E-state index contributed by atoms with van der Waals surface area (Å²) in [5, 5.41) is 23.9. The van der Waals surface area contributed by atoms with E-state index in [-0.39, 0.29) is 47.2 Å². The highest BCUT2D eigenvalue weighted by Crippen LogP contribution is 2.36. The summed E-state index contributed by atoms with van der Waals surface area (Å²) in [6, 6.07) is 7.97. The number of carboxylic acids is 2. The Morgan fingerprint density at radius 3 is 1.90 bits per heavy atom. The van der Waals surface area contributed by atoms with E-state index in [2.05, 4.69) is 102 Å². The smallest absolute Gasteiger partial charge is 0.328 e. The molecular formula is C40H68N4O8. The third-order valence-electron chi connectivity index (χ3n) is 8.95. The van der Waals surface area contributed by atoms with Gasteiger partial charge in [-0.25, -0.2) is 4.79 Å². The van der Waals surface area contributed by atoms with Gasteiger partial charge in [0.2, 0.25) is 11.8 Å². The van der Waals surface area contributed by atoms with Gasteiger partial charge in [-0.15, -0.1) is 0 Å². The van der Waals surface area contributed by atoms with Crippen LogP contribution in [0.4, 0.5) is 0 Å². The molecule has 52 heavy (non-hydrogen) atoms. The van der Waals surface area contributed by atoms with Gasteiger partial charge >= 0.3 is 17.9 Å². The van der Waals surface area contributed by atoms with E-state index in [9.17, 15) is 29.1 Å². The molecule has 12 nitrogen and oxygen atoms in total. The molecule has 2 rings (SSSR count). The zero-order valence-corrected chi connectivity index (χ0v) is 33.9. The van der Waals surface area contributed by atoms with Crippen LogP contribution in [-0.2, 0) is 35.1 Å². The number of amides is 2. The lowest BCUT2D eigenvalue weighted by Crippen LogP contribution is -2.51. The Morgan fingerprint density at radius 2 is 1.44 bits per heavy atom. The maximum atomic E-state index is 13.5. The van der Waals surface area contributed by atoms with Crippen LogP contribution in [0.1, 0.15) is 120 Å². The van der Waals surface area contributed by atoms with Crippen molar-refractivity contribution < 1.29 is 38.9 Å². The van der Waals surface area contributed by atoms with E-state index < -0.39 is 41.9 Å². The summed E-state index contributed by atoms with van der Waals surface area (Å²) in [7, 11) is 1.24. The van der Waals surface area contributed by atoms with Crippen LogP contribution < -0.4 is 10.6 Å². The number of aliphatic carboxylic acids is 2. The second-order valence-electron chi connectivity index (χ2n) is 17.6. The quantitative estimate of drug-likeness (QED) is 0.146. The van der Waals surface area contributed by atoms with Crippen molar-refractivity contribution in [2.75, 3.05) is 20.2 Å². The van der Waals surface area contributed by atoms with E-state index in [4.69, 9.17) is 5.11 Å². The molecule has 5 atom stereocenters. The number of hydrogen-bond acceptors (Lipinski definition) is 8. The first kappa shape index (κ1) is 46.5. The Hall–Kier alpha value is -3.51. The summed E-state index contributed by atoms with van der Waals surface area (Å²) in [6.45, 7) is 24.4. The highest BCUT2D eigenvalue weighted by atomic mass is 16.5.